The molecule has 3 amide bonds. The summed E-state index contributed by atoms with van der Waals surface area (Å²) >= 11 is 3.38. The number of halogens is 1. The lowest BCUT2D eigenvalue weighted by Gasteiger charge is -2.28. The Bertz CT molecular complexity index is 1130. The van der Waals surface area contributed by atoms with Gasteiger partial charge in [-0.25, -0.2) is 0 Å². The van der Waals surface area contributed by atoms with Gasteiger partial charge in [0.15, 0.2) is 0 Å². The molecule has 0 radical (unpaired) electrons. The largest absolute Gasteiger partial charge is 0.350 e. The third-order valence-corrected chi connectivity index (χ3v) is 5.87. The molecule has 2 atom stereocenters. The predicted octanol–water partition coefficient (Wildman–Crippen LogP) is 3.34. The van der Waals surface area contributed by atoms with Crippen LogP contribution in [0.3, 0.4) is 0 Å². The van der Waals surface area contributed by atoms with Crippen LogP contribution in [0.2, 0.25) is 0 Å². The molecule has 0 saturated heterocycles. The fourth-order valence-electron chi connectivity index (χ4n) is 3.72. The van der Waals surface area contributed by atoms with Crippen molar-refractivity contribution in [2.75, 3.05) is 0 Å². The first kappa shape index (κ1) is 21.8. The Morgan fingerprint density at radius 2 is 1.66 bits per heavy atom. The van der Waals surface area contributed by atoms with E-state index in [2.05, 4.69) is 31.9 Å². The lowest BCUT2D eigenvalue weighted by atomic mass is 9.95. The molecule has 162 valence electrons. The monoisotopic (exact) mass is 491 g/mol. The second-order valence-corrected chi connectivity index (χ2v) is 8.49. The Labute approximate surface area is 194 Å². The molecule has 1 aliphatic rings. The molecule has 32 heavy (non-hydrogen) atoms. The number of carbonyl (C=O) groups excluding carboxylic acids is 3. The lowest BCUT2D eigenvalue weighted by molar-refractivity contribution is -0.132. The van der Waals surface area contributed by atoms with Crippen molar-refractivity contribution < 1.29 is 14.4 Å². The van der Waals surface area contributed by atoms with E-state index in [0.717, 1.165) is 21.2 Å². The molecule has 3 aromatic carbocycles. The molecule has 1 heterocycles. The Morgan fingerprint density at radius 1 is 0.969 bits per heavy atom. The summed E-state index contributed by atoms with van der Waals surface area (Å²) in [6.45, 7) is 0.424. The second kappa shape index (κ2) is 9.78. The zero-order chi connectivity index (χ0) is 22.5. The van der Waals surface area contributed by atoms with E-state index in [0.29, 0.717) is 12.1 Å². The van der Waals surface area contributed by atoms with E-state index in [1.54, 1.807) is 24.3 Å². The first-order valence-electron chi connectivity index (χ1n) is 10.3. The van der Waals surface area contributed by atoms with Crippen LogP contribution >= 0.6 is 15.9 Å². The normalized spacial score (nSPS) is 15.8. The number of rotatable bonds is 6. The predicted molar refractivity (Wildman–Crippen MR) is 124 cm³/mol. The van der Waals surface area contributed by atoms with E-state index in [1.807, 2.05) is 54.6 Å². The third-order valence-electron chi connectivity index (χ3n) is 5.35. The quantitative estimate of drug-likeness (QED) is 0.494. The van der Waals surface area contributed by atoms with Gasteiger partial charge in [0.25, 0.3) is 0 Å². The first-order chi connectivity index (χ1) is 15.5. The molecule has 0 bridgehead atoms. The van der Waals surface area contributed by atoms with Crippen molar-refractivity contribution in [2.45, 2.75) is 25.0 Å². The second-order valence-electron chi connectivity index (χ2n) is 7.57. The maximum absolute atomic E-state index is 13.3. The highest BCUT2D eigenvalue weighted by molar-refractivity contribution is 9.10. The van der Waals surface area contributed by atoms with Crippen LogP contribution in [0.15, 0.2) is 83.3 Å². The highest BCUT2D eigenvalue weighted by atomic mass is 79.9. The van der Waals surface area contributed by atoms with E-state index >= 15 is 0 Å². The highest BCUT2D eigenvalue weighted by Crippen LogP contribution is 2.24. The van der Waals surface area contributed by atoms with Crippen LogP contribution in [-0.2, 0) is 27.3 Å². The standard InChI is InChI=1S/C25H22BrN3O3/c26-19-12-10-16(11-13-19)14-21(30)28-22(17-6-2-1-3-7-17)25(32)29-23-20-9-5-4-8-18(20)15-27-24(23)31/h1-13,22-23H,14-15H2,(H,27,31)(H,28,30)(H,29,32). The van der Waals surface area contributed by atoms with Crippen LogP contribution in [0.5, 0.6) is 0 Å². The summed E-state index contributed by atoms with van der Waals surface area (Å²) in [6, 6.07) is 22.2. The van der Waals surface area contributed by atoms with Gasteiger partial charge in [-0.3, -0.25) is 14.4 Å². The molecule has 4 rings (SSSR count). The van der Waals surface area contributed by atoms with E-state index in [-0.39, 0.29) is 18.2 Å². The lowest BCUT2D eigenvalue weighted by Crippen LogP contribution is -2.48. The maximum Gasteiger partial charge on any atom is 0.248 e. The van der Waals surface area contributed by atoms with Gasteiger partial charge in [-0.2, -0.15) is 0 Å². The van der Waals surface area contributed by atoms with Gasteiger partial charge in [0.2, 0.25) is 17.7 Å². The van der Waals surface area contributed by atoms with E-state index in [1.165, 1.54) is 0 Å². The Kier molecular flexibility index (Phi) is 6.66. The van der Waals surface area contributed by atoms with Crippen LogP contribution in [0, 0.1) is 0 Å². The van der Waals surface area contributed by atoms with Crippen molar-refractivity contribution in [1.82, 2.24) is 16.0 Å². The van der Waals surface area contributed by atoms with Crippen LogP contribution in [-0.4, -0.2) is 17.7 Å². The highest BCUT2D eigenvalue weighted by Gasteiger charge is 2.32. The summed E-state index contributed by atoms with van der Waals surface area (Å²) in [4.78, 5) is 38.6. The van der Waals surface area contributed by atoms with Gasteiger partial charge < -0.3 is 16.0 Å². The van der Waals surface area contributed by atoms with Crippen molar-refractivity contribution in [2.24, 2.45) is 0 Å². The number of benzene rings is 3. The summed E-state index contributed by atoms with van der Waals surface area (Å²) in [7, 11) is 0. The van der Waals surface area contributed by atoms with Gasteiger partial charge >= 0.3 is 0 Å². The van der Waals surface area contributed by atoms with Crippen molar-refractivity contribution in [3.05, 3.63) is 106 Å². The van der Waals surface area contributed by atoms with Crippen molar-refractivity contribution in [3.8, 4) is 0 Å². The maximum atomic E-state index is 13.3. The molecule has 6 nitrogen and oxygen atoms in total. The molecular weight excluding hydrogens is 470 g/mol. The molecule has 3 N–H and O–H groups in total. The number of hydrogen-bond acceptors (Lipinski definition) is 3. The Balaban J connectivity index is 1.54. The number of nitrogens with one attached hydrogen (secondary N) is 3. The fourth-order valence-corrected chi connectivity index (χ4v) is 3.98. The average molecular weight is 492 g/mol. The number of fused-ring (bicyclic) bond motifs is 1. The number of amides is 3. The summed E-state index contributed by atoms with van der Waals surface area (Å²) in [5, 5.41) is 8.46. The van der Waals surface area contributed by atoms with E-state index in [4.69, 9.17) is 0 Å². The molecule has 0 fully saturated rings. The van der Waals surface area contributed by atoms with Crippen LogP contribution in [0.1, 0.15) is 34.3 Å². The van der Waals surface area contributed by atoms with Gasteiger partial charge in [0, 0.05) is 11.0 Å². The average Bonchev–Trinajstić information content (AvgIpc) is 2.81. The zero-order valence-electron chi connectivity index (χ0n) is 17.2. The number of carbonyl (C=O) groups is 3. The van der Waals surface area contributed by atoms with Crippen molar-refractivity contribution in [1.29, 1.82) is 0 Å². The van der Waals surface area contributed by atoms with Crippen LogP contribution in [0.4, 0.5) is 0 Å². The van der Waals surface area contributed by atoms with Crippen LogP contribution in [0.25, 0.3) is 0 Å². The van der Waals surface area contributed by atoms with Crippen molar-refractivity contribution >= 4 is 33.7 Å². The molecule has 0 aliphatic carbocycles. The Hall–Kier alpha value is -3.45. The van der Waals surface area contributed by atoms with E-state index in [9.17, 15) is 14.4 Å². The number of hydrogen-bond donors (Lipinski definition) is 3. The molecule has 3 aromatic rings. The minimum Gasteiger partial charge on any atom is -0.350 e. The molecule has 1 aliphatic heterocycles. The topological polar surface area (TPSA) is 87.3 Å². The van der Waals surface area contributed by atoms with Crippen LogP contribution < -0.4 is 16.0 Å². The van der Waals surface area contributed by atoms with Gasteiger partial charge in [-0.05, 0) is 34.4 Å². The summed E-state index contributed by atoms with van der Waals surface area (Å²) in [6.07, 6.45) is 0.136. The van der Waals surface area contributed by atoms with Gasteiger partial charge in [0.05, 0.1) is 6.42 Å². The molecule has 0 aromatic heterocycles. The first-order valence-corrected chi connectivity index (χ1v) is 11.1. The van der Waals surface area contributed by atoms with E-state index < -0.39 is 18.0 Å². The SMILES string of the molecule is O=C(Cc1ccc(Br)cc1)NC(C(=O)NC1C(=O)NCc2ccccc21)c1ccccc1. The molecule has 7 heteroatoms. The van der Waals surface area contributed by atoms with Gasteiger partial charge in [-0.1, -0.05) is 82.7 Å². The minimum atomic E-state index is -0.930. The third kappa shape index (κ3) is 5.06. The molecule has 0 saturated carbocycles. The molecule has 2 unspecified atom stereocenters. The zero-order valence-corrected chi connectivity index (χ0v) is 18.8. The molecular formula is C25H22BrN3O3. The minimum absolute atomic E-state index is 0.136. The van der Waals surface area contributed by atoms with Crippen molar-refractivity contribution in [3.63, 3.8) is 0 Å². The fraction of sp³-hybridized carbons (Fsp3) is 0.160. The Morgan fingerprint density at radius 3 is 2.41 bits per heavy atom. The summed E-state index contributed by atoms with van der Waals surface area (Å²) in [5.74, 6) is -1.01. The van der Waals surface area contributed by atoms with Gasteiger partial charge in [-0.15, -0.1) is 0 Å². The summed E-state index contributed by atoms with van der Waals surface area (Å²) in [5.41, 5.74) is 3.18. The van der Waals surface area contributed by atoms with Gasteiger partial charge in [0.1, 0.15) is 12.1 Å². The smallest absolute Gasteiger partial charge is 0.248 e. The molecule has 0 spiro atoms. The summed E-state index contributed by atoms with van der Waals surface area (Å²) < 4.78 is 0.925.